The second-order valence-corrected chi connectivity index (χ2v) is 4.64. The molecule has 4 nitrogen and oxygen atoms in total. The zero-order chi connectivity index (χ0) is 12.4. The summed E-state index contributed by atoms with van der Waals surface area (Å²) in [5.41, 5.74) is 6.23. The highest BCUT2D eigenvalue weighted by atomic mass is 16.3. The van der Waals surface area contributed by atoms with Crippen LogP contribution in [0.25, 0.3) is 0 Å². The van der Waals surface area contributed by atoms with Gasteiger partial charge in [0.15, 0.2) is 0 Å². The number of rotatable bonds is 4. The van der Waals surface area contributed by atoms with Crippen molar-refractivity contribution in [1.29, 1.82) is 0 Å². The van der Waals surface area contributed by atoms with E-state index in [9.17, 15) is 9.90 Å². The Balaban J connectivity index is 1.94. The predicted octanol–water partition coefficient (Wildman–Crippen LogP) is 1.89. The second-order valence-electron chi connectivity index (χ2n) is 4.64. The fourth-order valence-corrected chi connectivity index (χ4v) is 2.05. The highest BCUT2D eigenvalue weighted by Crippen LogP contribution is 2.34. The molecular weight excluding hydrogens is 216 g/mol. The van der Waals surface area contributed by atoms with Gasteiger partial charge in [-0.2, -0.15) is 0 Å². The Morgan fingerprint density at radius 1 is 1.59 bits per heavy atom. The van der Waals surface area contributed by atoms with Crippen molar-refractivity contribution in [3.8, 4) is 5.75 Å². The number of amides is 1. The summed E-state index contributed by atoms with van der Waals surface area (Å²) >= 11 is 0. The number of nitrogen functional groups attached to an aromatic ring is 1. The van der Waals surface area contributed by atoms with Crippen LogP contribution in [-0.2, 0) is 0 Å². The molecule has 0 saturated heterocycles. The van der Waals surface area contributed by atoms with Crippen LogP contribution in [0.3, 0.4) is 0 Å². The molecule has 17 heavy (non-hydrogen) atoms. The third kappa shape index (κ3) is 2.70. The van der Waals surface area contributed by atoms with E-state index in [1.165, 1.54) is 6.07 Å². The fourth-order valence-electron chi connectivity index (χ4n) is 2.05. The van der Waals surface area contributed by atoms with Gasteiger partial charge in [0.1, 0.15) is 5.75 Å². The number of anilines is 1. The van der Waals surface area contributed by atoms with Crippen molar-refractivity contribution in [2.45, 2.75) is 32.2 Å². The molecule has 1 saturated carbocycles. The molecule has 2 atom stereocenters. The van der Waals surface area contributed by atoms with E-state index in [1.54, 1.807) is 12.1 Å². The first kappa shape index (κ1) is 11.8. The van der Waals surface area contributed by atoms with E-state index >= 15 is 0 Å². The predicted molar refractivity (Wildman–Crippen MR) is 66.8 cm³/mol. The lowest BCUT2D eigenvalue weighted by Gasteiger charge is -2.06. The second kappa shape index (κ2) is 4.65. The Labute approximate surface area is 101 Å². The van der Waals surface area contributed by atoms with Crippen LogP contribution in [0.4, 0.5) is 5.69 Å². The largest absolute Gasteiger partial charge is 0.506 e. The molecule has 0 aromatic heterocycles. The van der Waals surface area contributed by atoms with Crippen molar-refractivity contribution < 1.29 is 9.90 Å². The summed E-state index contributed by atoms with van der Waals surface area (Å²) in [5.74, 6) is 0.453. The molecule has 0 aliphatic heterocycles. The molecule has 0 heterocycles. The van der Waals surface area contributed by atoms with Gasteiger partial charge in [-0.05, 0) is 37.0 Å². The number of benzene rings is 1. The van der Waals surface area contributed by atoms with Gasteiger partial charge in [0.25, 0.3) is 5.91 Å². The molecule has 1 aliphatic rings. The van der Waals surface area contributed by atoms with E-state index < -0.39 is 0 Å². The van der Waals surface area contributed by atoms with E-state index in [1.807, 2.05) is 0 Å². The smallest absolute Gasteiger partial charge is 0.251 e. The molecule has 4 heteroatoms. The molecule has 2 unspecified atom stereocenters. The van der Waals surface area contributed by atoms with Gasteiger partial charge < -0.3 is 16.2 Å². The SMILES string of the molecule is CCCC1CC1NC(=O)c1ccc(N)c(O)c1. The summed E-state index contributed by atoms with van der Waals surface area (Å²) in [6.45, 7) is 2.15. The van der Waals surface area contributed by atoms with Gasteiger partial charge in [-0.25, -0.2) is 0 Å². The first-order chi connectivity index (χ1) is 8.11. The highest BCUT2D eigenvalue weighted by molar-refractivity contribution is 5.95. The summed E-state index contributed by atoms with van der Waals surface area (Å²) in [6.07, 6.45) is 3.39. The topological polar surface area (TPSA) is 75.4 Å². The number of nitrogens with two attached hydrogens (primary N) is 1. The minimum Gasteiger partial charge on any atom is -0.506 e. The standard InChI is InChI=1S/C13H18N2O2/c1-2-3-8-6-11(8)15-13(17)9-4-5-10(14)12(16)7-9/h4-5,7-8,11,16H,2-3,6,14H2,1H3,(H,15,17). The Morgan fingerprint density at radius 3 is 3.00 bits per heavy atom. The summed E-state index contributed by atoms with van der Waals surface area (Å²) < 4.78 is 0. The van der Waals surface area contributed by atoms with E-state index in [4.69, 9.17) is 5.73 Å². The molecule has 92 valence electrons. The normalized spacial score (nSPS) is 22.2. The maximum atomic E-state index is 11.8. The first-order valence-electron chi connectivity index (χ1n) is 6.01. The van der Waals surface area contributed by atoms with Crippen LogP contribution in [0.5, 0.6) is 5.75 Å². The summed E-state index contributed by atoms with van der Waals surface area (Å²) in [4.78, 5) is 11.8. The number of carbonyl (C=O) groups excluding carboxylic acids is 1. The maximum absolute atomic E-state index is 11.8. The van der Waals surface area contributed by atoms with Crippen LogP contribution in [0.2, 0.25) is 0 Å². The van der Waals surface area contributed by atoms with Gasteiger partial charge in [0.05, 0.1) is 5.69 Å². The Morgan fingerprint density at radius 2 is 2.35 bits per heavy atom. The Hall–Kier alpha value is -1.71. The summed E-state index contributed by atoms with van der Waals surface area (Å²) in [5, 5.41) is 12.4. The monoisotopic (exact) mass is 234 g/mol. The van der Waals surface area contributed by atoms with Crippen LogP contribution >= 0.6 is 0 Å². The number of aromatic hydroxyl groups is 1. The van der Waals surface area contributed by atoms with Gasteiger partial charge >= 0.3 is 0 Å². The number of nitrogens with one attached hydrogen (secondary N) is 1. The van der Waals surface area contributed by atoms with Gasteiger partial charge in [0, 0.05) is 11.6 Å². The molecule has 0 spiro atoms. The highest BCUT2D eigenvalue weighted by Gasteiger charge is 2.37. The molecule has 1 aromatic rings. The fraction of sp³-hybridized carbons (Fsp3) is 0.462. The lowest BCUT2D eigenvalue weighted by molar-refractivity contribution is 0.0948. The van der Waals surface area contributed by atoms with Crippen molar-refractivity contribution in [3.05, 3.63) is 23.8 Å². The van der Waals surface area contributed by atoms with Crippen LogP contribution in [-0.4, -0.2) is 17.1 Å². The van der Waals surface area contributed by atoms with Gasteiger partial charge in [-0.1, -0.05) is 13.3 Å². The minimum atomic E-state index is -0.135. The zero-order valence-corrected chi connectivity index (χ0v) is 9.94. The molecule has 1 fully saturated rings. The molecule has 0 radical (unpaired) electrons. The van der Waals surface area contributed by atoms with E-state index in [0.717, 1.165) is 19.3 Å². The number of hydrogen-bond donors (Lipinski definition) is 3. The molecule has 2 rings (SSSR count). The molecule has 0 bridgehead atoms. The quantitative estimate of drug-likeness (QED) is 0.550. The van der Waals surface area contributed by atoms with Crippen LogP contribution in [0.15, 0.2) is 18.2 Å². The lowest BCUT2D eigenvalue weighted by Crippen LogP contribution is -2.26. The zero-order valence-electron chi connectivity index (χ0n) is 9.94. The molecule has 1 aliphatic carbocycles. The molecule has 1 amide bonds. The van der Waals surface area contributed by atoms with Gasteiger partial charge in [-0.15, -0.1) is 0 Å². The van der Waals surface area contributed by atoms with Crippen molar-refractivity contribution in [2.24, 2.45) is 5.92 Å². The van der Waals surface area contributed by atoms with Crippen molar-refractivity contribution in [2.75, 3.05) is 5.73 Å². The molecular formula is C13H18N2O2. The lowest BCUT2D eigenvalue weighted by atomic mass is 10.1. The first-order valence-corrected chi connectivity index (χ1v) is 6.01. The third-order valence-electron chi connectivity index (χ3n) is 3.19. The van der Waals surface area contributed by atoms with E-state index in [0.29, 0.717) is 17.5 Å². The molecule has 1 aromatic carbocycles. The molecule has 4 N–H and O–H groups in total. The number of carbonyl (C=O) groups is 1. The van der Waals surface area contributed by atoms with Crippen LogP contribution in [0.1, 0.15) is 36.5 Å². The van der Waals surface area contributed by atoms with Gasteiger partial charge in [0.2, 0.25) is 0 Å². The average molecular weight is 234 g/mol. The van der Waals surface area contributed by atoms with E-state index in [-0.39, 0.29) is 17.3 Å². The van der Waals surface area contributed by atoms with E-state index in [2.05, 4.69) is 12.2 Å². The van der Waals surface area contributed by atoms with Crippen molar-refractivity contribution >= 4 is 11.6 Å². The number of hydrogen-bond acceptors (Lipinski definition) is 3. The number of phenolic OH excluding ortho intramolecular Hbond substituents is 1. The Bertz CT molecular complexity index is 431. The van der Waals surface area contributed by atoms with Crippen LogP contribution < -0.4 is 11.1 Å². The van der Waals surface area contributed by atoms with Crippen molar-refractivity contribution in [1.82, 2.24) is 5.32 Å². The van der Waals surface area contributed by atoms with Gasteiger partial charge in [-0.3, -0.25) is 4.79 Å². The van der Waals surface area contributed by atoms with Crippen LogP contribution in [0, 0.1) is 5.92 Å². The summed E-state index contributed by atoms with van der Waals surface area (Å²) in [6, 6.07) is 4.88. The summed E-state index contributed by atoms with van der Waals surface area (Å²) in [7, 11) is 0. The number of phenols is 1. The average Bonchev–Trinajstić information content (AvgIpc) is 3.01. The third-order valence-corrected chi connectivity index (χ3v) is 3.19. The van der Waals surface area contributed by atoms with Crippen molar-refractivity contribution in [3.63, 3.8) is 0 Å². The Kier molecular flexibility index (Phi) is 3.22. The minimum absolute atomic E-state index is 0.0430. The maximum Gasteiger partial charge on any atom is 0.251 e.